The standard InChI is InChI=1S/C10H19NO2/c1-5-6-7-9(10(12)13-4)11-8(2)3/h9H,5-7H2,1-4H3. The summed E-state index contributed by atoms with van der Waals surface area (Å²) in [4.78, 5) is 15.5. The van der Waals surface area contributed by atoms with Gasteiger partial charge in [-0.3, -0.25) is 4.99 Å². The number of nitrogens with zero attached hydrogens (tertiary/aromatic N) is 1. The third-order valence-electron chi connectivity index (χ3n) is 1.72. The summed E-state index contributed by atoms with van der Waals surface area (Å²) in [5, 5.41) is 0. The van der Waals surface area contributed by atoms with E-state index >= 15 is 0 Å². The van der Waals surface area contributed by atoms with E-state index in [9.17, 15) is 4.79 Å². The van der Waals surface area contributed by atoms with Crippen molar-refractivity contribution >= 4 is 11.7 Å². The average Bonchev–Trinajstić information content (AvgIpc) is 2.10. The fourth-order valence-corrected chi connectivity index (χ4v) is 1.08. The minimum atomic E-state index is -0.296. The average molecular weight is 185 g/mol. The largest absolute Gasteiger partial charge is 0.467 e. The Morgan fingerprint density at radius 1 is 1.46 bits per heavy atom. The summed E-state index contributed by atoms with van der Waals surface area (Å²) in [6, 6.07) is -0.296. The van der Waals surface area contributed by atoms with Crippen LogP contribution in [0.3, 0.4) is 0 Å². The Hall–Kier alpha value is -0.860. The first kappa shape index (κ1) is 12.1. The lowest BCUT2D eigenvalue weighted by molar-refractivity contribution is -0.142. The molecule has 0 aromatic heterocycles. The van der Waals surface area contributed by atoms with Crippen LogP contribution in [0, 0.1) is 0 Å². The second kappa shape index (κ2) is 6.63. The first-order chi connectivity index (χ1) is 6.11. The molecular weight excluding hydrogens is 166 g/mol. The van der Waals surface area contributed by atoms with Crippen LogP contribution >= 0.6 is 0 Å². The van der Waals surface area contributed by atoms with Crippen LogP contribution in [0.5, 0.6) is 0 Å². The molecule has 0 amide bonds. The molecule has 0 aromatic rings. The minimum Gasteiger partial charge on any atom is -0.467 e. The van der Waals surface area contributed by atoms with Gasteiger partial charge in [0.1, 0.15) is 6.04 Å². The summed E-state index contributed by atoms with van der Waals surface area (Å²) in [6.07, 6.45) is 2.87. The fraction of sp³-hybridized carbons (Fsp3) is 0.800. The van der Waals surface area contributed by atoms with Crippen molar-refractivity contribution in [2.24, 2.45) is 4.99 Å². The highest BCUT2D eigenvalue weighted by Crippen LogP contribution is 2.06. The smallest absolute Gasteiger partial charge is 0.330 e. The van der Waals surface area contributed by atoms with Crippen LogP contribution in [-0.2, 0) is 9.53 Å². The van der Waals surface area contributed by atoms with Gasteiger partial charge in [0.05, 0.1) is 7.11 Å². The molecule has 1 unspecified atom stereocenters. The van der Waals surface area contributed by atoms with Crippen molar-refractivity contribution in [2.45, 2.75) is 46.1 Å². The highest BCUT2D eigenvalue weighted by Gasteiger charge is 2.16. The third-order valence-corrected chi connectivity index (χ3v) is 1.72. The van der Waals surface area contributed by atoms with Gasteiger partial charge >= 0.3 is 5.97 Å². The summed E-state index contributed by atoms with van der Waals surface area (Å²) in [5.74, 6) is -0.227. The molecule has 0 bridgehead atoms. The van der Waals surface area contributed by atoms with Crippen molar-refractivity contribution in [3.8, 4) is 0 Å². The summed E-state index contributed by atoms with van der Waals surface area (Å²) < 4.78 is 4.66. The molecule has 3 nitrogen and oxygen atoms in total. The Labute approximate surface area is 80.2 Å². The molecule has 13 heavy (non-hydrogen) atoms. The summed E-state index contributed by atoms with van der Waals surface area (Å²) in [7, 11) is 1.40. The number of carbonyl (C=O) groups is 1. The van der Waals surface area contributed by atoms with E-state index in [0.717, 1.165) is 25.0 Å². The van der Waals surface area contributed by atoms with Gasteiger partial charge in [0.2, 0.25) is 0 Å². The zero-order valence-electron chi connectivity index (χ0n) is 8.96. The molecule has 0 saturated carbocycles. The molecule has 0 spiro atoms. The van der Waals surface area contributed by atoms with E-state index in [1.54, 1.807) is 0 Å². The molecule has 0 aliphatic carbocycles. The molecule has 0 aliphatic heterocycles. The van der Waals surface area contributed by atoms with Crippen molar-refractivity contribution in [1.29, 1.82) is 0 Å². The van der Waals surface area contributed by atoms with Crippen LogP contribution in [0.4, 0.5) is 0 Å². The number of hydrogen-bond acceptors (Lipinski definition) is 3. The highest BCUT2D eigenvalue weighted by atomic mass is 16.5. The second-order valence-electron chi connectivity index (χ2n) is 3.26. The Morgan fingerprint density at radius 3 is 2.46 bits per heavy atom. The summed E-state index contributed by atoms with van der Waals surface area (Å²) >= 11 is 0. The molecule has 0 aliphatic rings. The topological polar surface area (TPSA) is 38.7 Å². The number of esters is 1. The molecule has 0 saturated heterocycles. The predicted molar refractivity (Wildman–Crippen MR) is 54.1 cm³/mol. The maximum Gasteiger partial charge on any atom is 0.330 e. The number of carbonyl (C=O) groups excluding carboxylic acids is 1. The molecule has 0 heterocycles. The molecular formula is C10H19NO2. The lowest BCUT2D eigenvalue weighted by atomic mass is 10.1. The van der Waals surface area contributed by atoms with Crippen molar-refractivity contribution in [3.05, 3.63) is 0 Å². The normalized spacial score (nSPS) is 12.0. The molecule has 0 fully saturated rings. The first-order valence-electron chi connectivity index (χ1n) is 4.70. The van der Waals surface area contributed by atoms with E-state index in [1.165, 1.54) is 7.11 Å². The van der Waals surface area contributed by atoms with Crippen LogP contribution in [0.2, 0.25) is 0 Å². The SMILES string of the molecule is CCCCC(N=C(C)C)C(=O)OC. The molecule has 76 valence electrons. The van der Waals surface area contributed by atoms with Gasteiger partial charge in [-0.2, -0.15) is 0 Å². The van der Waals surface area contributed by atoms with E-state index in [-0.39, 0.29) is 12.0 Å². The lowest BCUT2D eigenvalue weighted by Gasteiger charge is -2.09. The zero-order valence-corrected chi connectivity index (χ0v) is 8.96. The van der Waals surface area contributed by atoms with Gasteiger partial charge in [-0.25, -0.2) is 4.79 Å². The molecule has 0 radical (unpaired) electrons. The fourth-order valence-electron chi connectivity index (χ4n) is 1.08. The second-order valence-corrected chi connectivity index (χ2v) is 3.26. The number of unbranched alkanes of at least 4 members (excludes halogenated alkanes) is 1. The Morgan fingerprint density at radius 2 is 2.08 bits per heavy atom. The monoisotopic (exact) mass is 185 g/mol. The quantitative estimate of drug-likeness (QED) is 0.486. The van der Waals surface area contributed by atoms with Crippen LogP contribution < -0.4 is 0 Å². The summed E-state index contributed by atoms with van der Waals surface area (Å²) in [6.45, 7) is 5.88. The van der Waals surface area contributed by atoms with Crippen LogP contribution in [-0.4, -0.2) is 24.8 Å². The van der Waals surface area contributed by atoms with E-state index in [4.69, 9.17) is 0 Å². The van der Waals surface area contributed by atoms with E-state index in [2.05, 4.69) is 16.7 Å². The van der Waals surface area contributed by atoms with Gasteiger partial charge in [-0.15, -0.1) is 0 Å². The van der Waals surface area contributed by atoms with Crippen molar-refractivity contribution < 1.29 is 9.53 Å². The van der Waals surface area contributed by atoms with Gasteiger partial charge < -0.3 is 4.74 Å². The van der Waals surface area contributed by atoms with Gasteiger partial charge in [0.25, 0.3) is 0 Å². The van der Waals surface area contributed by atoms with Gasteiger partial charge in [-0.1, -0.05) is 19.8 Å². The van der Waals surface area contributed by atoms with Gasteiger partial charge in [0, 0.05) is 5.71 Å². The molecule has 0 aromatic carbocycles. The van der Waals surface area contributed by atoms with Crippen LogP contribution in [0.15, 0.2) is 4.99 Å². The number of ether oxygens (including phenoxy) is 1. The molecule has 0 rings (SSSR count). The number of rotatable bonds is 5. The van der Waals surface area contributed by atoms with E-state index in [1.807, 2.05) is 13.8 Å². The first-order valence-corrected chi connectivity index (χ1v) is 4.70. The number of hydrogen-bond donors (Lipinski definition) is 0. The maximum atomic E-state index is 11.2. The molecule has 3 heteroatoms. The van der Waals surface area contributed by atoms with Gasteiger partial charge in [-0.05, 0) is 20.3 Å². The lowest BCUT2D eigenvalue weighted by Crippen LogP contribution is -2.21. The third kappa shape index (κ3) is 5.39. The predicted octanol–water partition coefficient (Wildman–Crippen LogP) is 2.20. The Balaban J connectivity index is 4.19. The van der Waals surface area contributed by atoms with Crippen LogP contribution in [0.1, 0.15) is 40.0 Å². The van der Waals surface area contributed by atoms with Crippen molar-refractivity contribution in [1.82, 2.24) is 0 Å². The van der Waals surface area contributed by atoms with Gasteiger partial charge in [0.15, 0.2) is 0 Å². The Bertz CT molecular complexity index is 183. The Kier molecular flexibility index (Phi) is 6.20. The maximum absolute atomic E-state index is 11.2. The molecule has 1 atom stereocenters. The number of aliphatic imine (C=N–C) groups is 1. The van der Waals surface area contributed by atoms with Crippen molar-refractivity contribution in [2.75, 3.05) is 7.11 Å². The molecule has 0 N–H and O–H groups in total. The zero-order chi connectivity index (χ0) is 10.3. The minimum absolute atomic E-state index is 0.227. The van der Waals surface area contributed by atoms with E-state index < -0.39 is 0 Å². The number of methoxy groups -OCH3 is 1. The van der Waals surface area contributed by atoms with Crippen molar-refractivity contribution in [3.63, 3.8) is 0 Å². The van der Waals surface area contributed by atoms with E-state index in [0.29, 0.717) is 0 Å². The highest BCUT2D eigenvalue weighted by molar-refractivity contribution is 5.84. The summed E-state index contributed by atoms with van der Waals surface area (Å²) in [5.41, 5.74) is 0.923. The van der Waals surface area contributed by atoms with Crippen LogP contribution in [0.25, 0.3) is 0 Å².